The predicted octanol–water partition coefficient (Wildman–Crippen LogP) is 4.85. The van der Waals surface area contributed by atoms with E-state index in [1.54, 1.807) is 0 Å². The van der Waals surface area contributed by atoms with Crippen molar-refractivity contribution in [3.8, 4) is 0 Å². The summed E-state index contributed by atoms with van der Waals surface area (Å²) in [6.45, 7) is 12.1. The topological polar surface area (TPSA) is 33.1 Å². The van der Waals surface area contributed by atoms with Crippen LogP contribution in [0.1, 0.15) is 74.4 Å². The number of nitrogens with one attached hydrogen (secondary N) is 1. The molecule has 1 aliphatic rings. The van der Waals surface area contributed by atoms with Gasteiger partial charge in [-0.15, -0.1) is 0 Å². The van der Waals surface area contributed by atoms with Crippen LogP contribution < -0.4 is 5.32 Å². The molecule has 0 bridgehead atoms. The van der Waals surface area contributed by atoms with E-state index in [0.29, 0.717) is 6.04 Å². The van der Waals surface area contributed by atoms with Crippen LogP contribution in [-0.4, -0.2) is 26.1 Å². The Kier molecular flexibility index (Phi) is 5.66. The molecule has 0 aromatic carbocycles. The molecule has 3 rings (SSSR count). The molecule has 0 aliphatic carbocycles. The van der Waals surface area contributed by atoms with Gasteiger partial charge in [0.15, 0.2) is 5.11 Å². The van der Waals surface area contributed by atoms with E-state index in [2.05, 4.69) is 72.6 Å². The largest absolute Gasteiger partial charge is 0.352 e. The Morgan fingerprint density at radius 3 is 2.62 bits per heavy atom. The second-order valence-electron chi connectivity index (χ2n) is 7.46. The normalized spacial score (nSPS) is 20.1. The van der Waals surface area contributed by atoms with E-state index in [1.165, 1.54) is 17.0 Å². The SMILES string of the molecule is CCCCN1C(=S)N[C@@H](c2ccccn2)[C@H]1c1cc(C)n(C(C)C)c1C. The van der Waals surface area contributed by atoms with Gasteiger partial charge in [0.25, 0.3) is 0 Å². The summed E-state index contributed by atoms with van der Waals surface area (Å²) in [7, 11) is 0. The first kappa shape index (κ1) is 18.9. The summed E-state index contributed by atoms with van der Waals surface area (Å²) in [5, 5.41) is 4.39. The van der Waals surface area contributed by atoms with Gasteiger partial charge < -0.3 is 14.8 Å². The standard InChI is InChI=1S/C21H30N4S/c1-6-7-12-24-20(17-13-15(4)25(14(2)3)16(17)5)19(23-21(24)26)18-10-8-9-11-22-18/h8-11,13-14,19-20H,6-7,12H2,1-5H3,(H,23,26)/t19-,20+/m0/s1. The van der Waals surface area contributed by atoms with Crippen molar-refractivity contribution in [1.82, 2.24) is 19.8 Å². The maximum atomic E-state index is 5.72. The molecule has 1 saturated heterocycles. The number of aromatic nitrogens is 2. The van der Waals surface area contributed by atoms with E-state index in [4.69, 9.17) is 12.2 Å². The molecule has 26 heavy (non-hydrogen) atoms. The molecule has 5 heteroatoms. The Morgan fingerprint density at radius 2 is 2.04 bits per heavy atom. The third-order valence-electron chi connectivity index (χ3n) is 5.31. The zero-order valence-electron chi connectivity index (χ0n) is 16.5. The molecular weight excluding hydrogens is 340 g/mol. The number of rotatable bonds is 6. The number of hydrogen-bond donors (Lipinski definition) is 1. The Hall–Kier alpha value is -1.88. The van der Waals surface area contributed by atoms with Crippen molar-refractivity contribution in [2.24, 2.45) is 0 Å². The average molecular weight is 371 g/mol. The first-order chi connectivity index (χ1) is 12.5. The van der Waals surface area contributed by atoms with E-state index >= 15 is 0 Å². The molecular formula is C21H30N4S. The van der Waals surface area contributed by atoms with E-state index in [0.717, 1.165) is 30.2 Å². The molecule has 2 aromatic heterocycles. The molecule has 0 saturated carbocycles. The fraction of sp³-hybridized carbons (Fsp3) is 0.524. The highest BCUT2D eigenvalue weighted by Crippen LogP contribution is 2.41. The molecule has 0 unspecified atom stereocenters. The number of unbranched alkanes of at least 4 members (excludes halogenated alkanes) is 1. The zero-order chi connectivity index (χ0) is 18.8. The second kappa shape index (κ2) is 7.78. The second-order valence-corrected chi connectivity index (χ2v) is 7.85. The lowest BCUT2D eigenvalue weighted by molar-refractivity contribution is 0.311. The molecule has 2 atom stereocenters. The Morgan fingerprint density at radius 1 is 1.27 bits per heavy atom. The number of aryl methyl sites for hydroxylation is 1. The highest BCUT2D eigenvalue weighted by atomic mass is 32.1. The summed E-state index contributed by atoms with van der Waals surface area (Å²) in [5.41, 5.74) is 5.04. The lowest BCUT2D eigenvalue weighted by Gasteiger charge is -2.28. The molecule has 4 nitrogen and oxygen atoms in total. The molecule has 140 valence electrons. The third kappa shape index (κ3) is 3.37. The van der Waals surface area contributed by atoms with Gasteiger partial charge in [-0.05, 0) is 70.1 Å². The zero-order valence-corrected chi connectivity index (χ0v) is 17.3. The van der Waals surface area contributed by atoms with Crippen molar-refractivity contribution in [1.29, 1.82) is 0 Å². The van der Waals surface area contributed by atoms with Gasteiger partial charge in [-0.1, -0.05) is 19.4 Å². The smallest absolute Gasteiger partial charge is 0.170 e. The van der Waals surface area contributed by atoms with E-state index < -0.39 is 0 Å². The molecule has 0 radical (unpaired) electrons. The van der Waals surface area contributed by atoms with Gasteiger partial charge in [-0.2, -0.15) is 0 Å². The summed E-state index contributed by atoms with van der Waals surface area (Å²) in [4.78, 5) is 6.99. The minimum absolute atomic E-state index is 0.0849. The summed E-state index contributed by atoms with van der Waals surface area (Å²) in [5.74, 6) is 0. The van der Waals surface area contributed by atoms with Crippen molar-refractivity contribution in [2.75, 3.05) is 6.54 Å². The van der Waals surface area contributed by atoms with Gasteiger partial charge in [0.1, 0.15) is 0 Å². The van der Waals surface area contributed by atoms with E-state index in [-0.39, 0.29) is 12.1 Å². The van der Waals surface area contributed by atoms with Crippen molar-refractivity contribution < 1.29 is 0 Å². The minimum atomic E-state index is 0.0849. The summed E-state index contributed by atoms with van der Waals surface area (Å²) < 4.78 is 2.42. The number of hydrogen-bond acceptors (Lipinski definition) is 2. The molecule has 1 fully saturated rings. The lowest BCUT2D eigenvalue weighted by atomic mass is 9.96. The quantitative estimate of drug-likeness (QED) is 0.737. The van der Waals surface area contributed by atoms with E-state index in [9.17, 15) is 0 Å². The van der Waals surface area contributed by atoms with Gasteiger partial charge in [0.2, 0.25) is 0 Å². The van der Waals surface area contributed by atoms with Crippen LogP contribution >= 0.6 is 12.2 Å². The molecule has 3 heterocycles. The van der Waals surface area contributed by atoms with Crippen molar-refractivity contribution >= 4 is 17.3 Å². The first-order valence-corrected chi connectivity index (χ1v) is 10.0. The molecule has 1 aliphatic heterocycles. The maximum Gasteiger partial charge on any atom is 0.170 e. The van der Waals surface area contributed by atoms with Crippen molar-refractivity contribution in [2.45, 2.75) is 65.6 Å². The highest BCUT2D eigenvalue weighted by Gasteiger charge is 2.41. The minimum Gasteiger partial charge on any atom is -0.352 e. The molecule has 0 amide bonds. The van der Waals surface area contributed by atoms with Gasteiger partial charge >= 0.3 is 0 Å². The summed E-state index contributed by atoms with van der Waals surface area (Å²) in [6.07, 6.45) is 4.16. The lowest BCUT2D eigenvalue weighted by Crippen LogP contribution is -2.30. The number of thiocarbonyl (C=S) groups is 1. The van der Waals surface area contributed by atoms with Gasteiger partial charge in [-0.3, -0.25) is 4.98 Å². The molecule has 0 spiro atoms. The predicted molar refractivity (Wildman–Crippen MR) is 111 cm³/mol. The monoisotopic (exact) mass is 370 g/mol. The van der Waals surface area contributed by atoms with Crippen LogP contribution in [0.3, 0.4) is 0 Å². The highest BCUT2D eigenvalue weighted by molar-refractivity contribution is 7.80. The van der Waals surface area contributed by atoms with Crippen molar-refractivity contribution in [3.63, 3.8) is 0 Å². The van der Waals surface area contributed by atoms with Crippen LogP contribution in [-0.2, 0) is 0 Å². The van der Waals surface area contributed by atoms with Crippen LogP contribution in [0.25, 0.3) is 0 Å². The maximum absolute atomic E-state index is 5.72. The first-order valence-electron chi connectivity index (χ1n) is 9.62. The Labute approximate surface area is 162 Å². The summed E-state index contributed by atoms with van der Waals surface area (Å²) >= 11 is 5.72. The molecule has 2 aromatic rings. The third-order valence-corrected chi connectivity index (χ3v) is 5.66. The fourth-order valence-corrected chi connectivity index (χ4v) is 4.54. The fourth-order valence-electron chi connectivity index (χ4n) is 4.21. The summed E-state index contributed by atoms with van der Waals surface area (Å²) in [6, 6.07) is 9.16. The van der Waals surface area contributed by atoms with Crippen LogP contribution in [0.5, 0.6) is 0 Å². The Balaban J connectivity index is 2.08. The number of pyridine rings is 1. The van der Waals surface area contributed by atoms with Crippen LogP contribution in [0, 0.1) is 13.8 Å². The van der Waals surface area contributed by atoms with Crippen LogP contribution in [0.2, 0.25) is 0 Å². The van der Waals surface area contributed by atoms with Gasteiger partial charge in [-0.25, -0.2) is 0 Å². The van der Waals surface area contributed by atoms with Gasteiger partial charge in [0, 0.05) is 30.2 Å². The average Bonchev–Trinajstić information content (AvgIpc) is 3.09. The van der Waals surface area contributed by atoms with Gasteiger partial charge in [0.05, 0.1) is 17.8 Å². The Bertz CT molecular complexity index is 766. The van der Waals surface area contributed by atoms with E-state index in [1.807, 2.05) is 12.3 Å². The number of nitrogens with zero attached hydrogens (tertiary/aromatic N) is 3. The van der Waals surface area contributed by atoms with Crippen LogP contribution in [0.15, 0.2) is 30.5 Å². The molecule has 1 N–H and O–H groups in total. The van der Waals surface area contributed by atoms with Crippen molar-refractivity contribution in [3.05, 3.63) is 53.1 Å². The van der Waals surface area contributed by atoms with Crippen LogP contribution in [0.4, 0.5) is 0 Å².